The fourth-order valence-electron chi connectivity index (χ4n) is 3.15. The van der Waals surface area contributed by atoms with E-state index in [9.17, 15) is 4.79 Å². The number of ether oxygens (including phenoxy) is 1. The molecule has 1 atom stereocenters. The monoisotopic (exact) mass is 420 g/mol. The predicted molar refractivity (Wildman–Crippen MR) is 109 cm³/mol. The summed E-state index contributed by atoms with van der Waals surface area (Å²) in [5, 5.41) is 0. The molecule has 0 aromatic rings. The quantitative estimate of drug-likeness (QED) is 0.740. The molecule has 0 aromatic heterocycles. The fraction of sp³-hybridized carbons (Fsp3) is 0.938. The second kappa shape index (κ2) is 11.8. The SMILES string of the molecule is CC(C)N1CCOC(CN2CCN(C(=O)C(C)(C)N)CC2)C1.Cl.Cl.Cl. The molecule has 1 amide bonds. The first-order valence-electron chi connectivity index (χ1n) is 8.43. The van der Waals surface area contributed by atoms with Crippen LogP contribution in [-0.4, -0.2) is 90.7 Å². The van der Waals surface area contributed by atoms with Crippen molar-refractivity contribution in [3.8, 4) is 0 Å². The molecule has 152 valence electrons. The first-order valence-corrected chi connectivity index (χ1v) is 8.43. The number of amides is 1. The molecule has 0 aromatic carbocycles. The highest BCUT2D eigenvalue weighted by Gasteiger charge is 2.31. The summed E-state index contributed by atoms with van der Waals surface area (Å²) in [6.07, 6.45) is 0.282. The topological polar surface area (TPSA) is 62.0 Å². The second-order valence-corrected chi connectivity index (χ2v) is 7.40. The Morgan fingerprint density at radius 1 is 1.12 bits per heavy atom. The number of nitrogens with zero attached hydrogens (tertiary/aromatic N) is 3. The Bertz CT molecular complexity index is 386. The molecule has 2 aliphatic rings. The van der Waals surface area contributed by atoms with Crippen LogP contribution in [0.15, 0.2) is 0 Å². The highest BCUT2D eigenvalue weighted by atomic mass is 35.5. The molecule has 0 spiro atoms. The van der Waals surface area contributed by atoms with Crippen LogP contribution in [0.1, 0.15) is 27.7 Å². The van der Waals surface area contributed by atoms with E-state index in [2.05, 4.69) is 23.6 Å². The van der Waals surface area contributed by atoms with Gasteiger partial charge in [-0.25, -0.2) is 0 Å². The normalized spacial score (nSPS) is 22.6. The number of rotatable bonds is 4. The van der Waals surface area contributed by atoms with Crippen LogP contribution in [-0.2, 0) is 9.53 Å². The van der Waals surface area contributed by atoms with Crippen molar-refractivity contribution in [3.63, 3.8) is 0 Å². The van der Waals surface area contributed by atoms with E-state index >= 15 is 0 Å². The third-order valence-electron chi connectivity index (χ3n) is 4.57. The Hall–Kier alpha value is 0.180. The highest BCUT2D eigenvalue weighted by Crippen LogP contribution is 2.13. The number of carbonyl (C=O) groups is 1. The first kappa shape index (κ1) is 27.4. The molecule has 1 unspecified atom stereocenters. The molecule has 2 saturated heterocycles. The Morgan fingerprint density at radius 3 is 2.16 bits per heavy atom. The Morgan fingerprint density at radius 2 is 1.68 bits per heavy atom. The summed E-state index contributed by atoms with van der Waals surface area (Å²) >= 11 is 0. The molecule has 9 heteroatoms. The van der Waals surface area contributed by atoms with Gasteiger partial charge in [0.15, 0.2) is 0 Å². The maximum atomic E-state index is 12.2. The van der Waals surface area contributed by atoms with E-state index in [1.165, 1.54) is 0 Å². The summed E-state index contributed by atoms with van der Waals surface area (Å²) in [5.74, 6) is 0.0482. The van der Waals surface area contributed by atoms with Gasteiger partial charge in [-0.05, 0) is 27.7 Å². The van der Waals surface area contributed by atoms with Gasteiger partial charge in [-0.15, -0.1) is 37.2 Å². The van der Waals surface area contributed by atoms with Crippen LogP contribution < -0.4 is 5.73 Å². The number of morpholine rings is 1. The van der Waals surface area contributed by atoms with Gasteiger partial charge in [0.1, 0.15) is 0 Å². The molecule has 2 heterocycles. The number of nitrogens with two attached hydrogens (primary N) is 1. The molecular formula is C16H35Cl3N4O2. The van der Waals surface area contributed by atoms with Crippen LogP contribution in [0.4, 0.5) is 0 Å². The van der Waals surface area contributed by atoms with Crippen molar-refractivity contribution in [1.82, 2.24) is 14.7 Å². The Kier molecular flexibility index (Phi) is 12.9. The maximum absolute atomic E-state index is 12.2. The van der Waals surface area contributed by atoms with Crippen molar-refractivity contribution < 1.29 is 9.53 Å². The molecule has 2 N–H and O–H groups in total. The summed E-state index contributed by atoms with van der Waals surface area (Å²) in [5.41, 5.74) is 5.14. The van der Waals surface area contributed by atoms with Crippen molar-refractivity contribution in [2.45, 2.75) is 45.4 Å². The van der Waals surface area contributed by atoms with Gasteiger partial charge in [-0.1, -0.05) is 0 Å². The summed E-state index contributed by atoms with van der Waals surface area (Å²) in [7, 11) is 0. The van der Waals surface area contributed by atoms with Crippen LogP contribution in [0, 0.1) is 0 Å². The lowest BCUT2D eigenvalue weighted by molar-refractivity contribution is -0.138. The number of carbonyl (C=O) groups excluding carboxylic acids is 1. The van der Waals surface area contributed by atoms with Crippen LogP contribution in [0.3, 0.4) is 0 Å². The number of halogens is 3. The van der Waals surface area contributed by atoms with E-state index in [1.54, 1.807) is 13.8 Å². The minimum absolute atomic E-state index is 0. The molecule has 6 nitrogen and oxygen atoms in total. The van der Waals surface area contributed by atoms with Gasteiger partial charge < -0.3 is 15.4 Å². The van der Waals surface area contributed by atoms with E-state index < -0.39 is 5.54 Å². The van der Waals surface area contributed by atoms with Gasteiger partial charge in [0, 0.05) is 51.9 Å². The second-order valence-electron chi connectivity index (χ2n) is 7.40. The Labute approximate surface area is 171 Å². The molecule has 2 aliphatic heterocycles. The van der Waals surface area contributed by atoms with Crippen LogP contribution in [0.5, 0.6) is 0 Å². The smallest absolute Gasteiger partial charge is 0.242 e. The van der Waals surface area contributed by atoms with Crippen molar-refractivity contribution in [2.75, 3.05) is 52.4 Å². The number of hydrogen-bond acceptors (Lipinski definition) is 5. The molecule has 2 rings (SSSR count). The lowest BCUT2D eigenvalue weighted by atomic mass is 10.0. The summed E-state index contributed by atoms with van der Waals surface area (Å²) in [6, 6.07) is 0.577. The molecule has 0 saturated carbocycles. The van der Waals surface area contributed by atoms with E-state index in [1.807, 2.05) is 4.90 Å². The fourth-order valence-corrected chi connectivity index (χ4v) is 3.15. The van der Waals surface area contributed by atoms with Crippen LogP contribution >= 0.6 is 37.2 Å². The largest absolute Gasteiger partial charge is 0.374 e. The maximum Gasteiger partial charge on any atom is 0.242 e. The minimum atomic E-state index is -0.771. The van der Waals surface area contributed by atoms with E-state index in [0.717, 1.165) is 52.4 Å². The standard InChI is InChI=1S/C16H32N4O2.3ClH/c1-13(2)20-9-10-22-14(12-20)11-18-5-7-19(8-6-18)15(21)16(3,4)17;;;/h13-14H,5-12,17H2,1-4H3;3*1H. The van der Waals surface area contributed by atoms with Gasteiger partial charge in [0.25, 0.3) is 0 Å². The zero-order valence-corrected chi connectivity index (χ0v) is 18.2. The third kappa shape index (κ3) is 8.16. The number of piperazine rings is 1. The zero-order chi connectivity index (χ0) is 16.3. The Balaban J connectivity index is 0. The molecule has 0 radical (unpaired) electrons. The van der Waals surface area contributed by atoms with E-state index in [0.29, 0.717) is 6.04 Å². The molecule has 25 heavy (non-hydrogen) atoms. The summed E-state index contributed by atoms with van der Waals surface area (Å²) in [6.45, 7) is 15.2. The zero-order valence-electron chi connectivity index (χ0n) is 15.8. The summed E-state index contributed by atoms with van der Waals surface area (Å²) in [4.78, 5) is 19.0. The van der Waals surface area contributed by atoms with E-state index in [4.69, 9.17) is 10.5 Å². The van der Waals surface area contributed by atoms with Crippen molar-refractivity contribution in [3.05, 3.63) is 0 Å². The molecule has 2 fully saturated rings. The van der Waals surface area contributed by atoms with Crippen LogP contribution in [0.25, 0.3) is 0 Å². The molecule has 0 bridgehead atoms. The first-order chi connectivity index (χ1) is 10.3. The van der Waals surface area contributed by atoms with Crippen LogP contribution in [0.2, 0.25) is 0 Å². The van der Waals surface area contributed by atoms with Crippen molar-refractivity contribution >= 4 is 43.1 Å². The highest BCUT2D eigenvalue weighted by molar-refractivity contribution is 5.86. The average Bonchev–Trinajstić information content (AvgIpc) is 2.46. The van der Waals surface area contributed by atoms with Gasteiger partial charge in [-0.2, -0.15) is 0 Å². The summed E-state index contributed by atoms with van der Waals surface area (Å²) < 4.78 is 5.91. The molecule has 0 aliphatic carbocycles. The average molecular weight is 422 g/mol. The van der Waals surface area contributed by atoms with Gasteiger partial charge in [-0.3, -0.25) is 14.6 Å². The number of hydrogen-bond donors (Lipinski definition) is 1. The van der Waals surface area contributed by atoms with Crippen molar-refractivity contribution in [2.24, 2.45) is 5.73 Å². The van der Waals surface area contributed by atoms with Gasteiger partial charge in [0.2, 0.25) is 5.91 Å². The predicted octanol–water partition coefficient (Wildman–Crippen LogP) is 1.24. The van der Waals surface area contributed by atoms with Gasteiger partial charge >= 0.3 is 0 Å². The van der Waals surface area contributed by atoms with E-state index in [-0.39, 0.29) is 49.2 Å². The lowest BCUT2D eigenvalue weighted by Crippen LogP contribution is -2.58. The minimum Gasteiger partial charge on any atom is -0.374 e. The molecular weight excluding hydrogens is 387 g/mol. The lowest BCUT2D eigenvalue weighted by Gasteiger charge is -2.41. The van der Waals surface area contributed by atoms with Crippen molar-refractivity contribution in [1.29, 1.82) is 0 Å². The third-order valence-corrected chi connectivity index (χ3v) is 4.57. The van der Waals surface area contributed by atoms with Gasteiger partial charge in [0.05, 0.1) is 18.2 Å².